The van der Waals surface area contributed by atoms with Gasteiger partial charge in [0.05, 0.1) is 6.61 Å². The minimum Gasteiger partial charge on any atom is -0.479 e. The number of hydrogen-bond acceptors (Lipinski definition) is 11. The molecule has 0 amide bonds. The molecule has 1 aliphatic heterocycles. The third kappa shape index (κ3) is 46.9. The fourth-order valence-corrected chi connectivity index (χ4v) is 10.5. The number of hydrogen-bond donors (Lipinski definition) is 3. The first-order valence-corrected chi connectivity index (χ1v) is 34.0. The van der Waals surface area contributed by atoms with Gasteiger partial charge in [-0.25, -0.2) is 4.79 Å². The Kier molecular flexibility index (Phi) is 53.8. The topological polar surface area (TPSA) is 175 Å². The van der Waals surface area contributed by atoms with Gasteiger partial charge in [-0.2, -0.15) is 0 Å². The summed E-state index contributed by atoms with van der Waals surface area (Å²) in [6, 6.07) is 0. The van der Waals surface area contributed by atoms with Crippen molar-refractivity contribution in [2.75, 3.05) is 13.2 Å². The molecule has 0 saturated carbocycles. The first-order chi connectivity index (χ1) is 39.6. The second-order valence-corrected chi connectivity index (χ2v) is 23.5. The van der Waals surface area contributed by atoms with Crippen LogP contribution >= 0.6 is 0 Å². The Balaban J connectivity index is 2.61. The van der Waals surface area contributed by atoms with Gasteiger partial charge >= 0.3 is 23.9 Å². The molecular weight excluding hydrogens is 1020 g/mol. The van der Waals surface area contributed by atoms with E-state index in [4.69, 9.17) is 23.7 Å². The number of esters is 3. The average Bonchev–Trinajstić information content (AvgIpc) is 3.45. The van der Waals surface area contributed by atoms with Gasteiger partial charge in [0.2, 0.25) is 0 Å². The van der Waals surface area contributed by atoms with Crippen molar-refractivity contribution in [3.63, 3.8) is 0 Å². The summed E-state index contributed by atoms with van der Waals surface area (Å²) in [7, 11) is 0. The maximum absolute atomic E-state index is 13.2. The molecule has 0 aliphatic carbocycles. The summed E-state index contributed by atoms with van der Waals surface area (Å²) < 4.78 is 28.6. The van der Waals surface area contributed by atoms with E-state index in [0.717, 1.165) is 83.5 Å². The van der Waals surface area contributed by atoms with E-state index in [9.17, 15) is 34.5 Å². The van der Waals surface area contributed by atoms with Crippen molar-refractivity contribution in [1.82, 2.24) is 0 Å². The fourth-order valence-electron chi connectivity index (χ4n) is 10.5. The minimum atomic E-state index is -1.90. The van der Waals surface area contributed by atoms with Gasteiger partial charge in [0.1, 0.15) is 18.8 Å². The molecule has 6 unspecified atom stereocenters. The second kappa shape index (κ2) is 57.4. The third-order valence-electron chi connectivity index (χ3n) is 15.7. The zero-order valence-electron chi connectivity index (χ0n) is 52.3. The monoisotopic (exact) mass is 1140 g/mol. The van der Waals surface area contributed by atoms with Gasteiger partial charge in [0.25, 0.3) is 0 Å². The molecular formula is C69H124O12. The van der Waals surface area contributed by atoms with Crippen molar-refractivity contribution >= 4 is 23.9 Å². The molecule has 3 N–H and O–H groups in total. The number of ether oxygens (including phenoxy) is 5. The summed E-state index contributed by atoms with van der Waals surface area (Å²) in [5.74, 6) is -3.09. The predicted molar refractivity (Wildman–Crippen MR) is 331 cm³/mol. The van der Waals surface area contributed by atoms with Crippen LogP contribution in [0.25, 0.3) is 0 Å². The summed E-state index contributed by atoms with van der Waals surface area (Å²) in [5.41, 5.74) is 0. The van der Waals surface area contributed by atoms with Crippen molar-refractivity contribution in [2.24, 2.45) is 0 Å². The molecule has 0 radical (unpaired) electrons. The van der Waals surface area contributed by atoms with Crippen LogP contribution in [0.5, 0.6) is 0 Å². The molecule has 0 aromatic carbocycles. The molecule has 1 aliphatic rings. The number of carbonyl (C=O) groups is 4. The number of aliphatic hydroxyl groups is 2. The van der Waals surface area contributed by atoms with E-state index < -0.39 is 67.3 Å². The molecule has 0 bridgehead atoms. The van der Waals surface area contributed by atoms with E-state index in [1.54, 1.807) is 0 Å². The van der Waals surface area contributed by atoms with Crippen LogP contribution in [0.4, 0.5) is 0 Å². The van der Waals surface area contributed by atoms with E-state index in [2.05, 4.69) is 57.2 Å². The van der Waals surface area contributed by atoms with Crippen LogP contribution in [0.15, 0.2) is 36.5 Å². The maximum Gasteiger partial charge on any atom is 0.335 e. The molecule has 472 valence electrons. The van der Waals surface area contributed by atoms with Crippen LogP contribution in [0.1, 0.15) is 329 Å². The molecule has 12 heteroatoms. The van der Waals surface area contributed by atoms with E-state index in [1.807, 2.05) is 0 Å². The van der Waals surface area contributed by atoms with Crippen LogP contribution in [0.2, 0.25) is 0 Å². The lowest BCUT2D eigenvalue weighted by Crippen LogP contribution is -2.61. The lowest BCUT2D eigenvalue weighted by atomic mass is 9.98. The number of unbranched alkanes of at least 4 members (excludes halogenated alkanes) is 39. The molecule has 0 aromatic rings. The SMILES string of the molecule is CCCCC/C=C\C/C=C\CCCCCCCCCCCC(=O)OCC(COC1OC(C(=O)O)C(O)C(O)C1OC(=O)CCCCCCCCCCC/C=C\CCCCCCCC)OC(=O)CCCCCCCCCCCCCCC. The van der Waals surface area contributed by atoms with Crippen molar-refractivity contribution in [2.45, 2.75) is 366 Å². The van der Waals surface area contributed by atoms with Crippen molar-refractivity contribution in [3.8, 4) is 0 Å². The van der Waals surface area contributed by atoms with Crippen LogP contribution in [0.3, 0.4) is 0 Å². The largest absolute Gasteiger partial charge is 0.479 e. The molecule has 1 saturated heterocycles. The Hall–Kier alpha value is -3.06. The summed E-state index contributed by atoms with van der Waals surface area (Å²) in [6.07, 6.45) is 56.7. The smallest absolute Gasteiger partial charge is 0.335 e. The summed E-state index contributed by atoms with van der Waals surface area (Å²) >= 11 is 0. The number of rotatable bonds is 59. The zero-order chi connectivity index (χ0) is 58.9. The van der Waals surface area contributed by atoms with Crippen molar-refractivity contribution < 1.29 is 58.2 Å². The predicted octanol–water partition coefficient (Wildman–Crippen LogP) is 18.4. The van der Waals surface area contributed by atoms with Gasteiger partial charge in [-0.3, -0.25) is 14.4 Å². The highest BCUT2D eigenvalue weighted by Gasteiger charge is 2.50. The second-order valence-electron chi connectivity index (χ2n) is 23.5. The number of allylic oxidation sites excluding steroid dienone is 6. The Morgan fingerprint density at radius 3 is 1.15 bits per heavy atom. The summed E-state index contributed by atoms with van der Waals surface area (Å²) in [6.45, 7) is 6.02. The molecule has 6 atom stereocenters. The zero-order valence-corrected chi connectivity index (χ0v) is 52.3. The quantitative estimate of drug-likeness (QED) is 0.0228. The summed E-state index contributed by atoms with van der Waals surface area (Å²) in [5, 5.41) is 31.6. The molecule has 0 aromatic heterocycles. The molecule has 12 nitrogen and oxygen atoms in total. The van der Waals surface area contributed by atoms with E-state index in [0.29, 0.717) is 19.3 Å². The van der Waals surface area contributed by atoms with Crippen LogP contribution in [-0.4, -0.2) is 89.2 Å². The molecule has 81 heavy (non-hydrogen) atoms. The number of carboxylic acid groups (broad SMARTS) is 1. The standard InChI is InChI=1S/C69H124O12/c1-4-7-10-13-16-19-22-25-27-29-31-33-35-38-40-43-46-49-52-55-61(70)77-58-60(79-62(71)56-53-50-47-44-41-37-24-21-18-15-12-9-6-3)59-78-69-67(65(74)64(73)66(81-69)68(75)76)80-63(72)57-54-51-48-45-42-39-36-34-32-30-28-26-23-20-17-14-11-8-5-2/h16,19,25-28,60,64-67,69,73-74H,4-15,17-18,20-24,29-59H2,1-3H3,(H,75,76)/b19-16-,27-25-,28-26-. The van der Waals surface area contributed by atoms with E-state index in [1.165, 1.54) is 186 Å². The number of carboxylic acids is 1. The van der Waals surface area contributed by atoms with E-state index in [-0.39, 0.29) is 25.9 Å². The van der Waals surface area contributed by atoms with Gasteiger partial charge in [-0.05, 0) is 77.0 Å². The Morgan fingerprint density at radius 2 is 0.741 bits per heavy atom. The Labute approximate surface area is 495 Å². The lowest BCUT2D eigenvalue weighted by molar-refractivity contribution is -0.301. The average molecular weight is 1150 g/mol. The van der Waals surface area contributed by atoms with Crippen LogP contribution in [-0.2, 0) is 42.9 Å². The Bertz CT molecular complexity index is 1550. The van der Waals surface area contributed by atoms with Crippen molar-refractivity contribution in [1.29, 1.82) is 0 Å². The van der Waals surface area contributed by atoms with Crippen LogP contribution in [0, 0.1) is 0 Å². The van der Waals surface area contributed by atoms with Gasteiger partial charge < -0.3 is 39.0 Å². The highest BCUT2D eigenvalue weighted by atomic mass is 16.7. The molecule has 1 rings (SSSR count). The molecule has 0 spiro atoms. The number of aliphatic hydroxyl groups excluding tert-OH is 2. The maximum atomic E-state index is 13.2. The Morgan fingerprint density at radius 1 is 0.407 bits per heavy atom. The van der Waals surface area contributed by atoms with Gasteiger partial charge in [0, 0.05) is 19.3 Å². The summed E-state index contributed by atoms with van der Waals surface area (Å²) in [4.78, 5) is 51.4. The first kappa shape index (κ1) is 76.0. The molecule has 1 heterocycles. The van der Waals surface area contributed by atoms with Gasteiger partial charge in [-0.15, -0.1) is 0 Å². The lowest BCUT2D eigenvalue weighted by Gasteiger charge is -2.40. The highest BCUT2D eigenvalue weighted by Crippen LogP contribution is 2.27. The third-order valence-corrected chi connectivity index (χ3v) is 15.7. The fraction of sp³-hybridized carbons (Fsp3) is 0.855. The van der Waals surface area contributed by atoms with Crippen molar-refractivity contribution in [3.05, 3.63) is 36.5 Å². The van der Waals surface area contributed by atoms with Gasteiger partial charge in [-0.1, -0.05) is 269 Å². The number of aliphatic carboxylic acids is 1. The number of carbonyl (C=O) groups excluding carboxylic acids is 3. The van der Waals surface area contributed by atoms with Crippen LogP contribution < -0.4 is 0 Å². The van der Waals surface area contributed by atoms with Gasteiger partial charge in [0.15, 0.2) is 24.6 Å². The minimum absolute atomic E-state index is 0.0619. The highest BCUT2D eigenvalue weighted by molar-refractivity contribution is 5.74. The first-order valence-electron chi connectivity index (χ1n) is 34.0. The van der Waals surface area contributed by atoms with E-state index >= 15 is 0 Å². The molecule has 1 fully saturated rings. The normalized spacial score (nSPS) is 17.9.